The molecule has 1 aliphatic rings. The van der Waals surface area contributed by atoms with Gasteiger partial charge >= 0.3 is 5.92 Å². The lowest BCUT2D eigenvalue weighted by Gasteiger charge is -2.24. The Hall–Kier alpha value is -3.44. The first kappa shape index (κ1) is 18.9. The molecule has 29 heavy (non-hydrogen) atoms. The minimum absolute atomic E-state index is 0.0987. The first-order valence-electron chi connectivity index (χ1n) is 8.47. The number of nitriles is 1. The van der Waals surface area contributed by atoms with Crippen LogP contribution in [0.2, 0.25) is 0 Å². The Morgan fingerprint density at radius 1 is 1.03 bits per heavy atom. The second-order valence-corrected chi connectivity index (χ2v) is 6.43. The summed E-state index contributed by atoms with van der Waals surface area (Å²) in [6, 6.07) is 12.9. The Bertz CT molecular complexity index is 1090. The molecule has 1 atom stereocenters. The van der Waals surface area contributed by atoms with E-state index in [2.05, 4.69) is 4.98 Å². The van der Waals surface area contributed by atoms with Crippen molar-refractivity contribution < 1.29 is 27.0 Å². The van der Waals surface area contributed by atoms with E-state index in [9.17, 15) is 8.78 Å². The van der Waals surface area contributed by atoms with Gasteiger partial charge in [0.2, 0.25) is 5.60 Å². The fraction of sp³-hybridized carbons (Fsp3) is 0.143. The third-order valence-corrected chi connectivity index (χ3v) is 4.58. The van der Waals surface area contributed by atoms with Crippen molar-refractivity contribution in [2.24, 2.45) is 0 Å². The number of hydrogen-bond acceptors (Lipinski definition) is 4. The van der Waals surface area contributed by atoms with Crippen molar-refractivity contribution in [3.63, 3.8) is 0 Å². The van der Waals surface area contributed by atoms with Gasteiger partial charge in [-0.25, -0.2) is 8.78 Å². The van der Waals surface area contributed by atoms with Gasteiger partial charge < -0.3 is 9.47 Å². The molecule has 1 saturated heterocycles. The fourth-order valence-corrected chi connectivity index (χ4v) is 2.94. The van der Waals surface area contributed by atoms with Crippen molar-refractivity contribution in [1.29, 1.82) is 5.26 Å². The van der Waals surface area contributed by atoms with Gasteiger partial charge in [-0.2, -0.15) is 14.0 Å². The maximum atomic E-state index is 15.0. The van der Waals surface area contributed by atoms with Crippen molar-refractivity contribution in [1.82, 2.24) is 4.98 Å². The molecule has 146 valence electrons. The SMILES string of the molecule is N#Cc1ccc(Oc2ccc(C3(C(F)(F)c4ccc(F)cc4F)CO3)nc2)cc1. The number of alkyl halides is 2. The normalized spacial score (nSPS) is 18.2. The Kier molecular flexibility index (Phi) is 4.47. The van der Waals surface area contributed by atoms with E-state index in [0.29, 0.717) is 23.4 Å². The van der Waals surface area contributed by atoms with Crippen LogP contribution in [0.1, 0.15) is 16.8 Å². The lowest BCUT2D eigenvalue weighted by atomic mass is 9.91. The van der Waals surface area contributed by atoms with Gasteiger partial charge in [0.1, 0.15) is 23.1 Å². The molecule has 2 aromatic carbocycles. The van der Waals surface area contributed by atoms with Crippen LogP contribution in [-0.2, 0) is 16.3 Å². The van der Waals surface area contributed by atoms with E-state index in [4.69, 9.17) is 14.7 Å². The summed E-state index contributed by atoms with van der Waals surface area (Å²) in [6.45, 7) is -0.361. The van der Waals surface area contributed by atoms with Crippen LogP contribution in [0.15, 0.2) is 60.8 Å². The van der Waals surface area contributed by atoms with Gasteiger partial charge in [-0.3, -0.25) is 4.98 Å². The van der Waals surface area contributed by atoms with Crippen LogP contribution in [-0.4, -0.2) is 11.6 Å². The van der Waals surface area contributed by atoms with Crippen LogP contribution in [0, 0.1) is 23.0 Å². The van der Waals surface area contributed by atoms with Gasteiger partial charge in [-0.1, -0.05) is 0 Å². The molecule has 1 unspecified atom stereocenters. The number of nitrogens with zero attached hydrogens (tertiary/aromatic N) is 2. The summed E-state index contributed by atoms with van der Waals surface area (Å²) in [5.41, 5.74) is -2.72. The van der Waals surface area contributed by atoms with Gasteiger partial charge in [0.25, 0.3) is 0 Å². The van der Waals surface area contributed by atoms with Gasteiger partial charge in [0.05, 0.1) is 35.7 Å². The molecule has 0 saturated carbocycles. The minimum atomic E-state index is -3.76. The smallest absolute Gasteiger partial charge is 0.312 e. The van der Waals surface area contributed by atoms with Crippen molar-refractivity contribution in [3.8, 4) is 17.6 Å². The summed E-state index contributed by atoms with van der Waals surface area (Å²) >= 11 is 0. The average Bonchev–Trinajstić information content (AvgIpc) is 3.51. The summed E-state index contributed by atoms with van der Waals surface area (Å²) in [7, 11) is 0. The van der Waals surface area contributed by atoms with E-state index in [-0.39, 0.29) is 18.1 Å². The predicted octanol–water partition coefficient (Wildman–Crippen LogP) is 5.04. The number of ether oxygens (including phenoxy) is 2. The molecular formula is C21H12F4N2O2. The van der Waals surface area contributed by atoms with E-state index < -0.39 is 28.7 Å². The molecule has 8 heteroatoms. The molecule has 1 aliphatic heterocycles. The van der Waals surface area contributed by atoms with Gasteiger partial charge in [0.15, 0.2) is 0 Å². The Labute approximate surface area is 163 Å². The molecule has 0 bridgehead atoms. The minimum Gasteiger partial charge on any atom is -0.456 e. The van der Waals surface area contributed by atoms with E-state index in [1.807, 2.05) is 6.07 Å². The molecule has 0 spiro atoms. The predicted molar refractivity (Wildman–Crippen MR) is 93.3 cm³/mol. The zero-order chi connectivity index (χ0) is 20.6. The molecule has 0 N–H and O–H groups in total. The number of pyridine rings is 1. The van der Waals surface area contributed by atoms with Crippen LogP contribution in [0.3, 0.4) is 0 Å². The van der Waals surface area contributed by atoms with Crippen molar-refractivity contribution >= 4 is 0 Å². The number of benzene rings is 2. The molecule has 0 amide bonds. The van der Waals surface area contributed by atoms with E-state index in [0.717, 1.165) is 6.07 Å². The van der Waals surface area contributed by atoms with Gasteiger partial charge in [-0.05, 0) is 48.5 Å². The lowest BCUT2D eigenvalue weighted by molar-refractivity contribution is -0.0896. The highest BCUT2D eigenvalue weighted by Crippen LogP contribution is 2.56. The number of halogens is 4. The van der Waals surface area contributed by atoms with Gasteiger partial charge in [-0.15, -0.1) is 0 Å². The Morgan fingerprint density at radius 2 is 1.72 bits per heavy atom. The molecule has 3 aromatic rings. The van der Waals surface area contributed by atoms with Crippen molar-refractivity contribution in [2.45, 2.75) is 11.5 Å². The van der Waals surface area contributed by atoms with Crippen LogP contribution in [0.5, 0.6) is 11.5 Å². The fourth-order valence-electron chi connectivity index (χ4n) is 2.94. The second-order valence-electron chi connectivity index (χ2n) is 6.43. The van der Waals surface area contributed by atoms with E-state index >= 15 is 8.78 Å². The summed E-state index contributed by atoms with van der Waals surface area (Å²) in [5, 5.41) is 8.79. The first-order chi connectivity index (χ1) is 13.9. The highest BCUT2D eigenvalue weighted by Gasteiger charge is 2.68. The third-order valence-electron chi connectivity index (χ3n) is 4.58. The number of rotatable bonds is 5. The topological polar surface area (TPSA) is 58.4 Å². The Balaban J connectivity index is 1.58. The number of hydrogen-bond donors (Lipinski definition) is 0. The summed E-state index contributed by atoms with van der Waals surface area (Å²) < 4.78 is 67.6. The van der Waals surface area contributed by atoms with Crippen molar-refractivity contribution in [2.75, 3.05) is 6.61 Å². The average molecular weight is 400 g/mol. The van der Waals surface area contributed by atoms with E-state index in [1.54, 1.807) is 24.3 Å². The molecule has 0 aliphatic carbocycles. The zero-order valence-corrected chi connectivity index (χ0v) is 14.7. The summed E-state index contributed by atoms with van der Waals surface area (Å²) in [6.07, 6.45) is 1.24. The second kappa shape index (κ2) is 6.87. The molecule has 4 nitrogen and oxygen atoms in total. The maximum absolute atomic E-state index is 15.0. The largest absolute Gasteiger partial charge is 0.456 e. The zero-order valence-electron chi connectivity index (χ0n) is 14.7. The summed E-state index contributed by atoms with van der Waals surface area (Å²) in [5.74, 6) is -5.34. The highest BCUT2D eigenvalue weighted by atomic mass is 19.3. The maximum Gasteiger partial charge on any atom is 0.312 e. The third kappa shape index (κ3) is 3.30. The molecule has 1 fully saturated rings. The molecular weight excluding hydrogens is 388 g/mol. The molecule has 0 radical (unpaired) electrons. The number of aromatic nitrogens is 1. The summed E-state index contributed by atoms with van der Waals surface area (Å²) in [4.78, 5) is 4.00. The lowest BCUT2D eigenvalue weighted by Crippen LogP contribution is -2.34. The van der Waals surface area contributed by atoms with E-state index in [1.165, 1.54) is 18.3 Å². The van der Waals surface area contributed by atoms with Crippen LogP contribution in [0.4, 0.5) is 17.6 Å². The highest BCUT2D eigenvalue weighted by molar-refractivity contribution is 5.38. The molecule has 2 heterocycles. The van der Waals surface area contributed by atoms with Crippen LogP contribution in [0.25, 0.3) is 0 Å². The molecule has 1 aromatic heterocycles. The first-order valence-corrected chi connectivity index (χ1v) is 8.47. The van der Waals surface area contributed by atoms with Gasteiger partial charge in [0, 0.05) is 6.07 Å². The van der Waals surface area contributed by atoms with Crippen molar-refractivity contribution in [3.05, 3.63) is 89.2 Å². The monoisotopic (exact) mass is 400 g/mol. The number of epoxide rings is 1. The Morgan fingerprint density at radius 3 is 2.28 bits per heavy atom. The van der Waals surface area contributed by atoms with Crippen LogP contribution < -0.4 is 4.74 Å². The quantitative estimate of drug-likeness (QED) is 0.445. The van der Waals surface area contributed by atoms with Crippen LogP contribution >= 0.6 is 0 Å². The standard InChI is InChI=1S/C21H12F4N2O2/c22-14-3-7-17(18(23)9-14)21(24,25)20(12-28-20)19-8-6-16(11-27-19)29-15-4-1-13(10-26)2-5-15/h1-9,11H,12H2. The molecule has 4 rings (SSSR count).